The zero-order valence-electron chi connectivity index (χ0n) is 24.0. The molecule has 0 aliphatic carbocycles. The number of aromatic amines is 2. The molecular formula is C31H27F3N4O6S. The molecule has 0 bridgehead atoms. The van der Waals surface area contributed by atoms with E-state index in [4.69, 9.17) is 14.6 Å². The summed E-state index contributed by atoms with van der Waals surface area (Å²) in [6, 6.07) is 10.2. The van der Waals surface area contributed by atoms with E-state index in [1.807, 2.05) is 25.1 Å². The van der Waals surface area contributed by atoms with Gasteiger partial charge in [-0.15, -0.1) is 0 Å². The van der Waals surface area contributed by atoms with Gasteiger partial charge in [-0.3, -0.25) is 4.79 Å². The SMILES string of the molecule is CNS(=O)(=O)c1c(Oc2ccc(F)c(-c3nc(C4(C)CCOc5c(CCC(=O)O)cccc54)c[nH]3)c2)c(F)c(F)c2[nH]ccc12. The van der Waals surface area contributed by atoms with Crippen LogP contribution >= 0.6 is 0 Å². The number of nitrogens with one attached hydrogen (secondary N) is 3. The Kier molecular flexibility index (Phi) is 7.57. The lowest BCUT2D eigenvalue weighted by Gasteiger charge is -2.35. The lowest BCUT2D eigenvalue weighted by atomic mass is 9.74. The third-order valence-corrected chi connectivity index (χ3v) is 9.53. The lowest BCUT2D eigenvalue weighted by Crippen LogP contribution is -2.32. The number of H-pyrrole nitrogens is 2. The number of aliphatic carboxylic acids is 1. The van der Waals surface area contributed by atoms with Gasteiger partial charge in [-0.1, -0.05) is 18.2 Å². The van der Waals surface area contributed by atoms with E-state index >= 15 is 8.78 Å². The maximum Gasteiger partial charge on any atom is 0.303 e. The van der Waals surface area contributed by atoms with Crippen molar-refractivity contribution in [3.8, 4) is 28.6 Å². The summed E-state index contributed by atoms with van der Waals surface area (Å²) in [6.45, 7) is 2.31. The van der Waals surface area contributed by atoms with Crippen LogP contribution in [0.4, 0.5) is 13.2 Å². The van der Waals surface area contributed by atoms with Gasteiger partial charge in [0, 0.05) is 35.2 Å². The van der Waals surface area contributed by atoms with Gasteiger partial charge in [0.25, 0.3) is 0 Å². The molecule has 3 heterocycles. The summed E-state index contributed by atoms with van der Waals surface area (Å²) < 4.78 is 84.8. The average molecular weight is 641 g/mol. The normalized spacial score (nSPS) is 16.4. The van der Waals surface area contributed by atoms with Gasteiger partial charge in [0.2, 0.25) is 15.8 Å². The van der Waals surface area contributed by atoms with Crippen LogP contribution < -0.4 is 14.2 Å². The molecule has 0 saturated carbocycles. The molecule has 0 saturated heterocycles. The van der Waals surface area contributed by atoms with E-state index < -0.39 is 49.5 Å². The first kappa shape index (κ1) is 30.2. The zero-order chi connectivity index (χ0) is 32.1. The van der Waals surface area contributed by atoms with Crippen molar-refractivity contribution in [1.82, 2.24) is 19.7 Å². The maximum atomic E-state index is 15.3. The van der Waals surface area contributed by atoms with E-state index in [1.165, 1.54) is 18.3 Å². The van der Waals surface area contributed by atoms with Crippen molar-refractivity contribution in [3.05, 3.63) is 89.1 Å². The molecule has 1 aliphatic rings. The summed E-state index contributed by atoms with van der Waals surface area (Å²) in [5.41, 5.74) is 1.04. The second-order valence-corrected chi connectivity index (χ2v) is 12.6. The van der Waals surface area contributed by atoms with Crippen molar-refractivity contribution in [1.29, 1.82) is 0 Å². The van der Waals surface area contributed by atoms with Gasteiger partial charge in [0.05, 0.1) is 23.4 Å². The number of carbonyl (C=O) groups is 1. The van der Waals surface area contributed by atoms with Crippen LogP contribution in [0.15, 0.2) is 59.8 Å². The van der Waals surface area contributed by atoms with Gasteiger partial charge in [-0.2, -0.15) is 4.39 Å². The Morgan fingerprint density at radius 3 is 2.71 bits per heavy atom. The van der Waals surface area contributed by atoms with Crippen molar-refractivity contribution >= 4 is 26.9 Å². The van der Waals surface area contributed by atoms with E-state index in [2.05, 4.69) is 19.7 Å². The smallest absolute Gasteiger partial charge is 0.303 e. The Hall–Kier alpha value is -4.82. The number of sulfonamides is 1. The molecule has 1 unspecified atom stereocenters. The number of aromatic nitrogens is 3. The highest BCUT2D eigenvalue weighted by molar-refractivity contribution is 7.89. The Morgan fingerprint density at radius 2 is 1.96 bits per heavy atom. The second kappa shape index (κ2) is 11.3. The fourth-order valence-corrected chi connectivity index (χ4v) is 6.67. The first-order chi connectivity index (χ1) is 21.4. The van der Waals surface area contributed by atoms with Gasteiger partial charge < -0.3 is 24.5 Å². The second-order valence-electron chi connectivity index (χ2n) is 10.8. The van der Waals surface area contributed by atoms with Gasteiger partial charge in [-0.05, 0) is 56.6 Å². The molecule has 0 spiro atoms. The zero-order valence-corrected chi connectivity index (χ0v) is 24.8. The minimum Gasteiger partial charge on any atom is -0.493 e. The summed E-state index contributed by atoms with van der Waals surface area (Å²) in [6.07, 6.45) is 3.67. The molecule has 0 radical (unpaired) electrons. The van der Waals surface area contributed by atoms with Crippen molar-refractivity contribution in [2.75, 3.05) is 13.7 Å². The molecule has 3 aromatic carbocycles. The number of nitrogens with zero attached hydrogens (tertiary/aromatic N) is 1. The predicted molar refractivity (Wildman–Crippen MR) is 157 cm³/mol. The van der Waals surface area contributed by atoms with Crippen molar-refractivity contribution in [2.45, 2.75) is 36.5 Å². The standard InChI is InChI=1S/C31H27F3N4O6S/c1-31(11-13-43-27-16(6-9-23(39)40)4-3-5-20(27)31)22-15-37-30(38-22)19-14-17(7-8-21(19)32)44-28-25(34)24(33)26-18(10-12-36-26)29(28)45(41,42)35-2/h3-5,7-8,10,12,14-15,35-36H,6,9,11,13H2,1-2H3,(H,37,38)(H,39,40). The number of benzene rings is 3. The molecule has 1 aliphatic heterocycles. The Balaban J connectivity index is 1.38. The highest BCUT2D eigenvalue weighted by Crippen LogP contribution is 2.45. The number of hydrogen-bond acceptors (Lipinski definition) is 6. The molecule has 0 fully saturated rings. The van der Waals surface area contributed by atoms with Gasteiger partial charge in [0.1, 0.15) is 28.0 Å². The van der Waals surface area contributed by atoms with Gasteiger partial charge in [-0.25, -0.2) is 26.9 Å². The van der Waals surface area contributed by atoms with Crippen LogP contribution in [0.5, 0.6) is 17.2 Å². The van der Waals surface area contributed by atoms with Crippen LogP contribution in [-0.4, -0.2) is 48.1 Å². The van der Waals surface area contributed by atoms with Crippen molar-refractivity contribution < 1.29 is 41.0 Å². The van der Waals surface area contributed by atoms with E-state index in [-0.39, 0.29) is 40.9 Å². The fourth-order valence-electron chi connectivity index (χ4n) is 5.63. The summed E-state index contributed by atoms with van der Waals surface area (Å²) in [5, 5.41) is 9.02. The first-order valence-electron chi connectivity index (χ1n) is 13.9. The van der Waals surface area contributed by atoms with Gasteiger partial charge >= 0.3 is 5.97 Å². The van der Waals surface area contributed by atoms with Crippen LogP contribution in [0.1, 0.15) is 36.6 Å². The van der Waals surface area contributed by atoms with Crippen LogP contribution in [0.3, 0.4) is 0 Å². The Morgan fingerprint density at radius 1 is 1.16 bits per heavy atom. The number of ether oxygens (including phenoxy) is 2. The van der Waals surface area contributed by atoms with Gasteiger partial charge in [0.15, 0.2) is 11.6 Å². The van der Waals surface area contributed by atoms with E-state index in [1.54, 1.807) is 6.20 Å². The number of fused-ring (bicyclic) bond motifs is 2. The van der Waals surface area contributed by atoms with Crippen LogP contribution in [-0.2, 0) is 26.7 Å². The molecule has 10 nitrogen and oxygen atoms in total. The highest BCUT2D eigenvalue weighted by Gasteiger charge is 2.38. The third-order valence-electron chi connectivity index (χ3n) is 8.05. The van der Waals surface area contributed by atoms with Crippen LogP contribution in [0.25, 0.3) is 22.3 Å². The summed E-state index contributed by atoms with van der Waals surface area (Å²) in [7, 11) is -3.22. The summed E-state index contributed by atoms with van der Waals surface area (Å²) >= 11 is 0. The molecular weight excluding hydrogens is 613 g/mol. The Labute approximate surface area is 255 Å². The number of para-hydroxylation sites is 1. The monoisotopic (exact) mass is 640 g/mol. The number of rotatable bonds is 9. The molecule has 6 rings (SSSR count). The topological polar surface area (TPSA) is 146 Å². The lowest BCUT2D eigenvalue weighted by molar-refractivity contribution is -0.136. The molecule has 14 heteroatoms. The average Bonchev–Trinajstić information content (AvgIpc) is 3.71. The molecule has 45 heavy (non-hydrogen) atoms. The van der Waals surface area contributed by atoms with Crippen LogP contribution in [0, 0.1) is 17.5 Å². The largest absolute Gasteiger partial charge is 0.493 e. The molecule has 4 N–H and O–H groups in total. The Bertz CT molecular complexity index is 2080. The first-order valence-corrected chi connectivity index (χ1v) is 15.3. The van der Waals surface area contributed by atoms with E-state index in [0.29, 0.717) is 24.5 Å². The van der Waals surface area contributed by atoms with Crippen molar-refractivity contribution in [3.63, 3.8) is 0 Å². The quantitative estimate of drug-likeness (QED) is 0.160. The summed E-state index contributed by atoms with van der Waals surface area (Å²) in [4.78, 5) is 20.7. The molecule has 5 aromatic rings. The molecule has 0 amide bonds. The number of hydrogen-bond donors (Lipinski definition) is 4. The van der Waals surface area contributed by atoms with E-state index in [9.17, 15) is 17.6 Å². The number of aryl methyl sites for hydroxylation is 1. The predicted octanol–water partition coefficient (Wildman–Crippen LogP) is 5.78. The minimum atomic E-state index is -4.34. The van der Waals surface area contributed by atoms with Crippen LogP contribution in [0.2, 0.25) is 0 Å². The number of carboxylic acid groups (broad SMARTS) is 1. The third kappa shape index (κ3) is 5.19. The summed E-state index contributed by atoms with van der Waals surface area (Å²) in [5.74, 6) is -4.86. The maximum absolute atomic E-state index is 15.3. The molecule has 234 valence electrons. The fraction of sp³-hybridized carbons (Fsp3) is 0.226. The van der Waals surface area contributed by atoms with E-state index in [0.717, 1.165) is 30.3 Å². The molecule has 2 aromatic heterocycles. The minimum absolute atomic E-state index is 0.0568. The number of carboxylic acids is 1. The molecule has 1 atom stereocenters. The number of imidazole rings is 1. The highest BCUT2D eigenvalue weighted by atomic mass is 32.2. The van der Waals surface area contributed by atoms with Crippen molar-refractivity contribution in [2.24, 2.45) is 0 Å². The number of halogens is 3.